The van der Waals surface area contributed by atoms with E-state index in [0.29, 0.717) is 0 Å². The van der Waals surface area contributed by atoms with Crippen LogP contribution in [0.25, 0.3) is 0 Å². The molecule has 0 atom stereocenters. The van der Waals surface area contributed by atoms with Crippen molar-refractivity contribution in [3.8, 4) is 0 Å². The molecular formula is C7H13NO2. The van der Waals surface area contributed by atoms with Gasteiger partial charge in [0.15, 0.2) is 5.78 Å². The minimum Gasteiger partial charge on any atom is -0.308 e. The fourth-order valence-electron chi connectivity index (χ4n) is 0.692. The summed E-state index contributed by atoms with van der Waals surface area (Å²) in [5, 5.41) is 0. The first-order chi connectivity index (χ1) is 4.81. The Bertz CT molecular complexity index is 121. The maximum atomic E-state index is 10.4. The summed E-state index contributed by atoms with van der Waals surface area (Å²) in [7, 11) is 1.40. The van der Waals surface area contributed by atoms with Crippen LogP contribution in [0.5, 0.6) is 0 Å². The number of rotatable bonds is 0. The van der Waals surface area contributed by atoms with E-state index in [0.717, 1.165) is 19.3 Å². The molecule has 0 aliphatic heterocycles. The van der Waals surface area contributed by atoms with E-state index in [1.54, 1.807) is 6.08 Å². The summed E-state index contributed by atoms with van der Waals surface area (Å²) in [6.45, 7) is 0. The van der Waals surface area contributed by atoms with Crippen molar-refractivity contribution in [2.24, 2.45) is 5.90 Å². The van der Waals surface area contributed by atoms with Crippen molar-refractivity contribution in [2.75, 3.05) is 7.11 Å². The van der Waals surface area contributed by atoms with E-state index in [-0.39, 0.29) is 5.78 Å². The normalized spacial score (nSPS) is 16.0. The third-order valence-corrected chi connectivity index (χ3v) is 1.10. The fraction of sp³-hybridized carbons (Fsp3) is 0.571. The average Bonchev–Trinajstić information content (AvgIpc) is 1.91. The van der Waals surface area contributed by atoms with Gasteiger partial charge in [0.25, 0.3) is 0 Å². The summed E-state index contributed by atoms with van der Waals surface area (Å²) in [5.41, 5.74) is 0. The molecule has 0 heterocycles. The van der Waals surface area contributed by atoms with Crippen LogP contribution in [-0.2, 0) is 9.63 Å². The monoisotopic (exact) mass is 143 g/mol. The molecule has 10 heavy (non-hydrogen) atoms. The van der Waals surface area contributed by atoms with Gasteiger partial charge in [-0.3, -0.25) is 4.79 Å². The highest BCUT2D eigenvalue weighted by atomic mass is 16.6. The molecule has 0 unspecified atom stereocenters. The van der Waals surface area contributed by atoms with E-state index < -0.39 is 0 Å². The molecule has 1 aliphatic rings. The van der Waals surface area contributed by atoms with Crippen LogP contribution in [0.15, 0.2) is 12.2 Å². The van der Waals surface area contributed by atoms with Gasteiger partial charge in [-0.05, 0) is 18.9 Å². The highest BCUT2D eigenvalue weighted by Gasteiger charge is 1.98. The Labute approximate surface area is 60.8 Å². The minimum absolute atomic E-state index is 0.284. The van der Waals surface area contributed by atoms with E-state index in [1.165, 1.54) is 7.11 Å². The molecule has 0 bridgehead atoms. The van der Waals surface area contributed by atoms with Crippen LogP contribution in [0.1, 0.15) is 19.3 Å². The standard InChI is InChI=1S/C6H8O.CH5NO/c7-6-4-2-1-3-5-6;1-3-2/h2,4H,1,3,5H2;2H2,1H3. The van der Waals surface area contributed by atoms with Gasteiger partial charge in [0.05, 0.1) is 7.11 Å². The second-order valence-corrected chi connectivity index (χ2v) is 2.00. The number of hydrogen-bond acceptors (Lipinski definition) is 3. The Hall–Kier alpha value is -0.670. The van der Waals surface area contributed by atoms with Crippen LogP contribution in [-0.4, -0.2) is 12.9 Å². The van der Waals surface area contributed by atoms with Gasteiger partial charge in [-0.1, -0.05) is 6.08 Å². The summed E-state index contributed by atoms with van der Waals surface area (Å²) >= 11 is 0. The lowest BCUT2D eigenvalue weighted by Gasteiger charge is -1.97. The summed E-state index contributed by atoms with van der Waals surface area (Å²) in [5.74, 6) is 4.63. The summed E-state index contributed by atoms with van der Waals surface area (Å²) < 4.78 is 0. The van der Waals surface area contributed by atoms with E-state index in [1.807, 2.05) is 6.08 Å². The van der Waals surface area contributed by atoms with E-state index in [9.17, 15) is 4.79 Å². The topological polar surface area (TPSA) is 52.3 Å². The summed E-state index contributed by atoms with van der Waals surface area (Å²) in [6, 6.07) is 0. The van der Waals surface area contributed by atoms with Crippen LogP contribution < -0.4 is 5.90 Å². The lowest BCUT2D eigenvalue weighted by atomic mass is 10.1. The largest absolute Gasteiger partial charge is 0.308 e. The molecule has 0 aromatic carbocycles. The molecule has 0 radical (unpaired) electrons. The molecule has 2 N–H and O–H groups in total. The second kappa shape index (κ2) is 6.45. The first-order valence-electron chi connectivity index (χ1n) is 3.23. The number of nitrogens with two attached hydrogens (primary N) is 1. The molecule has 58 valence electrons. The van der Waals surface area contributed by atoms with E-state index in [4.69, 9.17) is 0 Å². The van der Waals surface area contributed by atoms with Gasteiger partial charge < -0.3 is 4.84 Å². The van der Waals surface area contributed by atoms with Crippen molar-refractivity contribution in [1.29, 1.82) is 0 Å². The number of ketones is 1. The maximum absolute atomic E-state index is 10.4. The van der Waals surface area contributed by atoms with Crippen molar-refractivity contribution in [1.82, 2.24) is 0 Å². The molecule has 3 nitrogen and oxygen atoms in total. The Morgan fingerprint density at radius 1 is 1.70 bits per heavy atom. The lowest BCUT2D eigenvalue weighted by molar-refractivity contribution is -0.114. The third-order valence-electron chi connectivity index (χ3n) is 1.10. The zero-order chi connectivity index (χ0) is 7.82. The van der Waals surface area contributed by atoms with Crippen LogP contribution >= 0.6 is 0 Å². The molecule has 0 aromatic heterocycles. The smallest absolute Gasteiger partial charge is 0.155 e. The predicted octanol–water partition coefficient (Wildman–Crippen LogP) is 0.802. The highest BCUT2D eigenvalue weighted by Crippen LogP contribution is 2.04. The van der Waals surface area contributed by atoms with Gasteiger partial charge >= 0.3 is 0 Å². The molecule has 0 saturated carbocycles. The Morgan fingerprint density at radius 2 is 2.30 bits per heavy atom. The Balaban J connectivity index is 0.000000236. The number of hydrogen-bond donors (Lipinski definition) is 1. The first-order valence-corrected chi connectivity index (χ1v) is 3.23. The van der Waals surface area contributed by atoms with Gasteiger partial charge in [0.1, 0.15) is 0 Å². The second-order valence-electron chi connectivity index (χ2n) is 2.00. The minimum atomic E-state index is 0.284. The predicted molar refractivity (Wildman–Crippen MR) is 39.2 cm³/mol. The quantitative estimate of drug-likeness (QED) is 0.510. The summed E-state index contributed by atoms with van der Waals surface area (Å²) in [4.78, 5) is 14.1. The molecule has 0 amide bonds. The Morgan fingerprint density at radius 3 is 2.50 bits per heavy atom. The number of carbonyl (C=O) groups excluding carboxylic acids is 1. The van der Waals surface area contributed by atoms with Crippen LogP contribution in [0.3, 0.4) is 0 Å². The number of allylic oxidation sites excluding steroid dienone is 2. The molecular weight excluding hydrogens is 130 g/mol. The molecule has 0 fully saturated rings. The Kier molecular flexibility index (Phi) is 6.02. The summed E-state index contributed by atoms with van der Waals surface area (Å²) in [6.07, 6.45) is 6.51. The molecule has 1 aliphatic carbocycles. The molecule has 3 heteroatoms. The van der Waals surface area contributed by atoms with Crippen molar-refractivity contribution in [3.63, 3.8) is 0 Å². The van der Waals surface area contributed by atoms with Crippen molar-refractivity contribution in [3.05, 3.63) is 12.2 Å². The van der Waals surface area contributed by atoms with Crippen molar-refractivity contribution < 1.29 is 9.63 Å². The van der Waals surface area contributed by atoms with Gasteiger partial charge in [-0.2, -0.15) is 0 Å². The van der Waals surface area contributed by atoms with E-state index in [2.05, 4.69) is 10.7 Å². The van der Waals surface area contributed by atoms with Crippen LogP contribution in [0.4, 0.5) is 0 Å². The van der Waals surface area contributed by atoms with Gasteiger partial charge in [0.2, 0.25) is 0 Å². The zero-order valence-electron chi connectivity index (χ0n) is 6.17. The van der Waals surface area contributed by atoms with E-state index >= 15 is 0 Å². The maximum Gasteiger partial charge on any atom is 0.155 e. The van der Waals surface area contributed by atoms with Crippen LogP contribution in [0, 0.1) is 0 Å². The SMILES string of the molecule is CON.O=C1C=CCCC1. The lowest BCUT2D eigenvalue weighted by Crippen LogP contribution is -1.95. The molecule has 0 saturated heterocycles. The van der Waals surface area contributed by atoms with Crippen molar-refractivity contribution >= 4 is 5.78 Å². The van der Waals surface area contributed by atoms with Gasteiger partial charge in [0, 0.05) is 6.42 Å². The number of carbonyl (C=O) groups is 1. The molecule has 1 rings (SSSR count). The van der Waals surface area contributed by atoms with Gasteiger partial charge in [-0.25, -0.2) is 5.90 Å². The molecule has 0 spiro atoms. The fourth-order valence-corrected chi connectivity index (χ4v) is 0.692. The highest BCUT2D eigenvalue weighted by molar-refractivity contribution is 5.90. The van der Waals surface area contributed by atoms with Crippen molar-refractivity contribution in [2.45, 2.75) is 19.3 Å². The first kappa shape index (κ1) is 9.33. The zero-order valence-corrected chi connectivity index (χ0v) is 6.17. The van der Waals surface area contributed by atoms with Gasteiger partial charge in [-0.15, -0.1) is 0 Å². The average molecular weight is 143 g/mol. The molecule has 0 aromatic rings. The third kappa shape index (κ3) is 5.47. The van der Waals surface area contributed by atoms with Crippen LogP contribution in [0.2, 0.25) is 0 Å².